The first kappa shape index (κ1) is 28.6. The van der Waals surface area contributed by atoms with E-state index in [4.69, 9.17) is 16.3 Å². The number of nitrogens with one attached hydrogen (secondary N) is 1. The van der Waals surface area contributed by atoms with Crippen LogP contribution in [0.1, 0.15) is 36.2 Å². The van der Waals surface area contributed by atoms with E-state index in [-0.39, 0.29) is 30.0 Å². The van der Waals surface area contributed by atoms with Gasteiger partial charge in [0, 0.05) is 28.6 Å². The maximum absolute atomic E-state index is 13.9. The highest BCUT2D eigenvalue weighted by molar-refractivity contribution is 7.99. The summed E-state index contributed by atoms with van der Waals surface area (Å²) in [5.41, 5.74) is 3.24. The smallest absolute Gasteiger partial charge is 0.247 e. The van der Waals surface area contributed by atoms with Gasteiger partial charge >= 0.3 is 0 Å². The van der Waals surface area contributed by atoms with Crippen LogP contribution in [0.3, 0.4) is 0 Å². The van der Waals surface area contributed by atoms with Crippen LogP contribution < -0.4 is 10.1 Å². The van der Waals surface area contributed by atoms with Gasteiger partial charge in [0.05, 0.1) is 12.9 Å². The zero-order chi connectivity index (χ0) is 27.8. The Hall–Kier alpha value is -3.36. The number of carbonyl (C=O) groups excluding carboxylic acids is 2. The first-order valence-corrected chi connectivity index (χ1v) is 14.3. The first-order valence-electron chi connectivity index (χ1n) is 12.9. The molecule has 204 valence electrons. The molecule has 1 heterocycles. The van der Waals surface area contributed by atoms with E-state index < -0.39 is 6.04 Å². The Kier molecular flexibility index (Phi) is 10.0. The Balaban J connectivity index is 1.63. The number of aromatic nitrogens is 2. The van der Waals surface area contributed by atoms with Gasteiger partial charge in [-0.1, -0.05) is 47.6 Å². The monoisotopic (exact) mass is 564 g/mol. The molecular weight excluding hydrogens is 532 g/mol. The van der Waals surface area contributed by atoms with E-state index in [0.717, 1.165) is 36.2 Å². The minimum Gasteiger partial charge on any atom is -0.497 e. The average molecular weight is 565 g/mol. The number of anilines is 1. The van der Waals surface area contributed by atoms with Crippen LogP contribution in [0.4, 0.5) is 5.69 Å². The molecule has 0 fully saturated rings. The van der Waals surface area contributed by atoms with Crippen molar-refractivity contribution in [1.82, 2.24) is 14.9 Å². The molecule has 1 aromatic heterocycles. The number of methoxy groups -OCH3 is 1. The van der Waals surface area contributed by atoms with E-state index in [9.17, 15) is 9.59 Å². The molecule has 0 spiro atoms. The summed E-state index contributed by atoms with van der Waals surface area (Å²) in [6.07, 6.45) is 6.64. The van der Waals surface area contributed by atoms with Crippen molar-refractivity contribution in [3.05, 3.63) is 88.7 Å². The molecule has 9 heteroatoms. The minimum atomic E-state index is -0.666. The Labute approximate surface area is 239 Å². The maximum atomic E-state index is 13.9. The molecule has 39 heavy (non-hydrogen) atoms. The van der Waals surface area contributed by atoms with Crippen LogP contribution >= 0.6 is 23.4 Å². The summed E-state index contributed by atoms with van der Waals surface area (Å²) in [6.45, 7) is 4.10. The third-order valence-electron chi connectivity index (χ3n) is 6.59. The van der Waals surface area contributed by atoms with Gasteiger partial charge in [-0.2, -0.15) is 0 Å². The first-order chi connectivity index (χ1) is 18.8. The van der Waals surface area contributed by atoms with Gasteiger partial charge in [-0.15, -0.1) is 0 Å². The molecule has 2 amide bonds. The number of hydrogen-bond acceptors (Lipinski definition) is 6. The van der Waals surface area contributed by atoms with E-state index in [2.05, 4.69) is 27.4 Å². The normalized spacial score (nSPS) is 15.4. The van der Waals surface area contributed by atoms with E-state index in [1.807, 2.05) is 32.0 Å². The van der Waals surface area contributed by atoms with Crippen molar-refractivity contribution in [2.45, 2.75) is 50.9 Å². The van der Waals surface area contributed by atoms with E-state index in [1.165, 1.54) is 11.8 Å². The number of nitrogens with zero attached hydrogens (tertiary/aromatic N) is 3. The number of hydrogen-bond donors (Lipinski definition) is 1. The van der Waals surface area contributed by atoms with Crippen molar-refractivity contribution in [1.29, 1.82) is 0 Å². The number of benzene rings is 2. The topological polar surface area (TPSA) is 84.4 Å². The molecule has 3 aromatic rings. The van der Waals surface area contributed by atoms with E-state index in [0.29, 0.717) is 21.6 Å². The average Bonchev–Trinajstić information content (AvgIpc) is 2.93. The molecule has 1 aliphatic carbocycles. The van der Waals surface area contributed by atoms with Crippen molar-refractivity contribution >= 4 is 40.9 Å². The van der Waals surface area contributed by atoms with Crippen molar-refractivity contribution in [2.24, 2.45) is 5.92 Å². The van der Waals surface area contributed by atoms with Gasteiger partial charge in [0.2, 0.25) is 11.8 Å². The Morgan fingerprint density at radius 2 is 1.77 bits per heavy atom. The van der Waals surface area contributed by atoms with Gasteiger partial charge in [0.1, 0.15) is 11.8 Å². The highest BCUT2D eigenvalue weighted by atomic mass is 35.5. The largest absolute Gasteiger partial charge is 0.497 e. The molecule has 0 aliphatic heterocycles. The van der Waals surface area contributed by atoms with Crippen LogP contribution in [0.25, 0.3) is 0 Å². The molecule has 2 atom stereocenters. The molecular formula is C30H33ClN4O3S. The van der Waals surface area contributed by atoms with Crippen LogP contribution in [-0.4, -0.2) is 45.6 Å². The lowest BCUT2D eigenvalue weighted by Crippen LogP contribution is -2.51. The fourth-order valence-corrected chi connectivity index (χ4v) is 5.66. The molecule has 1 N–H and O–H groups in total. The predicted octanol–water partition coefficient (Wildman–Crippen LogP) is 6.24. The second kappa shape index (κ2) is 13.6. The predicted molar refractivity (Wildman–Crippen MR) is 156 cm³/mol. The summed E-state index contributed by atoms with van der Waals surface area (Å²) in [5, 5.41) is 4.21. The Morgan fingerprint density at radius 1 is 1.08 bits per heavy atom. The minimum absolute atomic E-state index is 0.0213. The van der Waals surface area contributed by atoms with Crippen molar-refractivity contribution in [3.8, 4) is 5.75 Å². The SMILES string of the molecule is COc1ccc(NC(=O)[C@H]([C@@H]2CC=CCC2)N(Cc2ccc(Cl)cc2)C(=O)CSc2nc(C)cc(C)n2)cc1. The molecule has 1 aliphatic rings. The lowest BCUT2D eigenvalue weighted by molar-refractivity contribution is -0.139. The summed E-state index contributed by atoms with van der Waals surface area (Å²) >= 11 is 7.41. The van der Waals surface area contributed by atoms with Crippen molar-refractivity contribution < 1.29 is 14.3 Å². The number of thioether (sulfide) groups is 1. The molecule has 0 saturated heterocycles. The number of allylic oxidation sites excluding steroid dienone is 2. The van der Waals surface area contributed by atoms with Gasteiger partial charge in [-0.05, 0) is 87.1 Å². The second-order valence-electron chi connectivity index (χ2n) is 9.58. The van der Waals surface area contributed by atoms with Gasteiger partial charge in [-0.3, -0.25) is 9.59 Å². The van der Waals surface area contributed by atoms with E-state index in [1.54, 1.807) is 48.4 Å². The third-order valence-corrected chi connectivity index (χ3v) is 7.68. The lowest BCUT2D eigenvalue weighted by Gasteiger charge is -2.37. The lowest BCUT2D eigenvalue weighted by atomic mass is 9.86. The summed E-state index contributed by atoms with van der Waals surface area (Å²) in [5.74, 6) is 0.433. The van der Waals surface area contributed by atoms with Gasteiger partial charge < -0.3 is 15.0 Å². The molecule has 2 aromatic carbocycles. The van der Waals surface area contributed by atoms with Gasteiger partial charge in [0.15, 0.2) is 5.16 Å². The van der Waals surface area contributed by atoms with Crippen LogP contribution in [-0.2, 0) is 16.1 Å². The highest BCUT2D eigenvalue weighted by Gasteiger charge is 2.36. The maximum Gasteiger partial charge on any atom is 0.247 e. The van der Waals surface area contributed by atoms with Crippen molar-refractivity contribution in [3.63, 3.8) is 0 Å². The molecule has 0 saturated carbocycles. The van der Waals surface area contributed by atoms with Gasteiger partial charge in [0.25, 0.3) is 0 Å². The van der Waals surface area contributed by atoms with Crippen LogP contribution in [0.2, 0.25) is 5.02 Å². The molecule has 0 radical (unpaired) electrons. The fraction of sp³-hybridized carbons (Fsp3) is 0.333. The Morgan fingerprint density at radius 3 is 2.38 bits per heavy atom. The van der Waals surface area contributed by atoms with E-state index >= 15 is 0 Å². The summed E-state index contributed by atoms with van der Waals surface area (Å²) in [4.78, 5) is 38.4. The summed E-state index contributed by atoms with van der Waals surface area (Å²) in [6, 6.07) is 15.8. The standard InChI is InChI=1S/C30H33ClN4O3S/c1-20-17-21(2)33-30(32-20)39-19-27(36)35(18-22-9-11-24(31)12-10-22)28(23-7-5-4-6-8-23)29(37)34-25-13-15-26(38-3)16-14-25/h4-5,9-17,23,28H,6-8,18-19H2,1-3H3,(H,34,37)/t23-,28+/m1/s1. The second-order valence-corrected chi connectivity index (χ2v) is 11.0. The molecule has 0 unspecified atom stereocenters. The molecule has 7 nitrogen and oxygen atoms in total. The zero-order valence-electron chi connectivity index (χ0n) is 22.4. The van der Waals surface area contributed by atoms with Crippen LogP contribution in [0, 0.1) is 19.8 Å². The van der Waals surface area contributed by atoms with Crippen LogP contribution in [0.15, 0.2) is 71.9 Å². The number of ether oxygens (including phenoxy) is 1. The molecule has 0 bridgehead atoms. The number of carbonyl (C=O) groups is 2. The number of aryl methyl sites for hydroxylation is 2. The number of amides is 2. The third kappa shape index (κ3) is 8.07. The highest BCUT2D eigenvalue weighted by Crippen LogP contribution is 2.29. The number of halogens is 1. The quantitative estimate of drug-likeness (QED) is 0.178. The van der Waals surface area contributed by atoms with Crippen molar-refractivity contribution in [2.75, 3.05) is 18.2 Å². The molecule has 4 rings (SSSR count). The summed E-state index contributed by atoms with van der Waals surface area (Å²) in [7, 11) is 1.60. The fourth-order valence-electron chi connectivity index (χ4n) is 4.70. The number of rotatable bonds is 10. The Bertz CT molecular complexity index is 1290. The summed E-state index contributed by atoms with van der Waals surface area (Å²) < 4.78 is 5.24. The van der Waals surface area contributed by atoms with Crippen LogP contribution in [0.5, 0.6) is 5.75 Å². The zero-order valence-corrected chi connectivity index (χ0v) is 24.0. The van der Waals surface area contributed by atoms with Gasteiger partial charge in [-0.25, -0.2) is 9.97 Å².